The number of halogens is 1. The van der Waals surface area contributed by atoms with Gasteiger partial charge in [-0.2, -0.15) is 0 Å². The maximum Gasteiger partial charge on any atom is 0.0331 e. The molecule has 1 N–H and O–H groups in total. The van der Waals surface area contributed by atoms with E-state index in [9.17, 15) is 0 Å². The summed E-state index contributed by atoms with van der Waals surface area (Å²) in [4.78, 5) is 5.44. The second-order valence-corrected chi connectivity index (χ2v) is 6.52. The second kappa shape index (κ2) is 5.63. The van der Waals surface area contributed by atoms with Crippen molar-refractivity contribution in [3.05, 3.63) is 20.3 Å². The number of nitrogens with one attached hydrogen (secondary N) is 1. The molecule has 0 aromatic carbocycles. The third-order valence-electron chi connectivity index (χ3n) is 3.22. The number of likely N-dealkylation sites (N-methyl/N-ethyl adjacent to an activating group) is 1. The third kappa shape index (κ3) is 2.86. The molecule has 1 aromatic heterocycles. The summed E-state index contributed by atoms with van der Waals surface area (Å²) in [7, 11) is 0. The van der Waals surface area contributed by atoms with Crippen molar-refractivity contribution in [1.29, 1.82) is 0 Å². The fourth-order valence-corrected chi connectivity index (χ4v) is 3.87. The SMILES string of the molecule is CCN(Cc1cc(Br)c(C)s1)C1CCNC1. The van der Waals surface area contributed by atoms with Crippen molar-refractivity contribution in [2.24, 2.45) is 0 Å². The standard InChI is InChI=1S/C12H19BrN2S/c1-3-15(10-4-5-14-7-10)8-11-6-12(13)9(2)16-11/h6,10,14H,3-5,7-8H2,1-2H3. The van der Waals surface area contributed by atoms with Crippen LogP contribution < -0.4 is 5.32 Å². The van der Waals surface area contributed by atoms with Crippen molar-refractivity contribution in [3.8, 4) is 0 Å². The number of hydrogen-bond donors (Lipinski definition) is 1. The highest BCUT2D eigenvalue weighted by atomic mass is 79.9. The Kier molecular flexibility index (Phi) is 4.41. The van der Waals surface area contributed by atoms with Crippen LogP contribution in [0.15, 0.2) is 10.5 Å². The van der Waals surface area contributed by atoms with Gasteiger partial charge in [0.15, 0.2) is 0 Å². The Balaban J connectivity index is 2.00. The zero-order chi connectivity index (χ0) is 11.5. The lowest BCUT2D eigenvalue weighted by Gasteiger charge is -2.26. The van der Waals surface area contributed by atoms with Gasteiger partial charge in [0, 0.05) is 33.4 Å². The Hall–Kier alpha value is 0.1000. The first-order valence-corrected chi connectivity index (χ1v) is 7.51. The van der Waals surface area contributed by atoms with E-state index in [-0.39, 0.29) is 0 Å². The molecule has 2 heterocycles. The summed E-state index contributed by atoms with van der Waals surface area (Å²) in [6.07, 6.45) is 1.29. The van der Waals surface area contributed by atoms with E-state index in [1.165, 1.54) is 27.2 Å². The molecule has 1 unspecified atom stereocenters. The van der Waals surface area contributed by atoms with E-state index in [0.717, 1.165) is 25.7 Å². The third-order valence-corrected chi connectivity index (χ3v) is 5.35. The average molecular weight is 303 g/mol. The number of nitrogens with zero attached hydrogens (tertiary/aromatic N) is 1. The molecule has 1 aliphatic heterocycles. The maximum atomic E-state index is 3.59. The van der Waals surface area contributed by atoms with Gasteiger partial charge in [0.2, 0.25) is 0 Å². The number of thiophene rings is 1. The van der Waals surface area contributed by atoms with E-state index in [1.807, 2.05) is 11.3 Å². The van der Waals surface area contributed by atoms with Crippen LogP contribution in [-0.2, 0) is 6.54 Å². The molecular formula is C12H19BrN2S. The van der Waals surface area contributed by atoms with Crippen molar-refractivity contribution >= 4 is 27.3 Å². The monoisotopic (exact) mass is 302 g/mol. The first kappa shape index (κ1) is 12.6. The van der Waals surface area contributed by atoms with Crippen LogP contribution >= 0.6 is 27.3 Å². The molecule has 2 rings (SSSR count). The molecule has 0 saturated carbocycles. The van der Waals surface area contributed by atoms with E-state index in [0.29, 0.717) is 0 Å². The second-order valence-electron chi connectivity index (χ2n) is 4.33. The Morgan fingerprint density at radius 3 is 2.94 bits per heavy atom. The topological polar surface area (TPSA) is 15.3 Å². The molecule has 0 bridgehead atoms. The van der Waals surface area contributed by atoms with Gasteiger partial charge in [-0.15, -0.1) is 11.3 Å². The number of hydrogen-bond acceptors (Lipinski definition) is 3. The Morgan fingerprint density at radius 1 is 1.62 bits per heavy atom. The van der Waals surface area contributed by atoms with E-state index >= 15 is 0 Å². The fraction of sp³-hybridized carbons (Fsp3) is 0.667. The van der Waals surface area contributed by atoms with Gasteiger partial charge in [-0.05, 0) is 48.4 Å². The molecule has 90 valence electrons. The van der Waals surface area contributed by atoms with Crippen molar-refractivity contribution in [1.82, 2.24) is 10.2 Å². The highest BCUT2D eigenvalue weighted by molar-refractivity contribution is 9.10. The van der Waals surface area contributed by atoms with Gasteiger partial charge in [-0.25, -0.2) is 0 Å². The lowest BCUT2D eigenvalue weighted by Crippen LogP contribution is -2.35. The minimum atomic E-state index is 0.728. The van der Waals surface area contributed by atoms with E-state index in [4.69, 9.17) is 0 Å². The minimum Gasteiger partial charge on any atom is -0.315 e. The lowest BCUT2D eigenvalue weighted by molar-refractivity contribution is 0.212. The zero-order valence-electron chi connectivity index (χ0n) is 9.92. The average Bonchev–Trinajstić information content (AvgIpc) is 2.86. The largest absolute Gasteiger partial charge is 0.315 e. The molecule has 1 fully saturated rings. The summed E-state index contributed by atoms with van der Waals surface area (Å²) in [6, 6.07) is 3.00. The molecule has 0 aliphatic carbocycles. The molecular weight excluding hydrogens is 284 g/mol. The Bertz CT molecular complexity index is 325. The van der Waals surface area contributed by atoms with Crippen LogP contribution in [0, 0.1) is 6.92 Å². The Labute approximate surface area is 110 Å². The number of aryl methyl sites for hydroxylation is 1. The van der Waals surface area contributed by atoms with Crippen molar-refractivity contribution < 1.29 is 0 Å². The molecule has 0 radical (unpaired) electrons. The summed E-state index contributed by atoms with van der Waals surface area (Å²) in [5.41, 5.74) is 0. The maximum absolute atomic E-state index is 3.59. The number of rotatable bonds is 4. The summed E-state index contributed by atoms with van der Waals surface area (Å²) in [6.45, 7) is 8.99. The molecule has 4 heteroatoms. The van der Waals surface area contributed by atoms with Crippen LogP contribution in [0.1, 0.15) is 23.1 Å². The predicted molar refractivity (Wildman–Crippen MR) is 74.1 cm³/mol. The molecule has 1 aromatic rings. The molecule has 0 spiro atoms. The van der Waals surface area contributed by atoms with Gasteiger partial charge in [0.05, 0.1) is 0 Å². The van der Waals surface area contributed by atoms with Gasteiger partial charge in [0.25, 0.3) is 0 Å². The quantitative estimate of drug-likeness (QED) is 0.920. The van der Waals surface area contributed by atoms with Crippen LogP contribution in [-0.4, -0.2) is 30.6 Å². The van der Waals surface area contributed by atoms with Crippen molar-refractivity contribution in [2.45, 2.75) is 32.9 Å². The minimum absolute atomic E-state index is 0.728. The van der Waals surface area contributed by atoms with E-state index < -0.39 is 0 Å². The van der Waals surface area contributed by atoms with Gasteiger partial charge < -0.3 is 5.32 Å². The highest BCUT2D eigenvalue weighted by Crippen LogP contribution is 2.28. The molecule has 16 heavy (non-hydrogen) atoms. The summed E-state index contributed by atoms with van der Waals surface area (Å²) >= 11 is 5.50. The van der Waals surface area contributed by atoms with E-state index in [2.05, 4.69) is 46.1 Å². The van der Waals surface area contributed by atoms with Crippen LogP contribution in [0.25, 0.3) is 0 Å². The van der Waals surface area contributed by atoms with E-state index in [1.54, 1.807) is 0 Å². The van der Waals surface area contributed by atoms with Crippen LogP contribution in [0.4, 0.5) is 0 Å². The summed E-state index contributed by atoms with van der Waals surface area (Å²) in [5.74, 6) is 0. The van der Waals surface area contributed by atoms with Crippen LogP contribution in [0.3, 0.4) is 0 Å². The highest BCUT2D eigenvalue weighted by Gasteiger charge is 2.21. The van der Waals surface area contributed by atoms with Gasteiger partial charge in [-0.3, -0.25) is 4.90 Å². The fourth-order valence-electron chi connectivity index (χ4n) is 2.25. The molecule has 1 atom stereocenters. The lowest BCUT2D eigenvalue weighted by atomic mass is 10.2. The van der Waals surface area contributed by atoms with Crippen LogP contribution in [0.2, 0.25) is 0 Å². The smallest absolute Gasteiger partial charge is 0.0331 e. The van der Waals surface area contributed by atoms with Crippen molar-refractivity contribution in [3.63, 3.8) is 0 Å². The molecule has 0 amide bonds. The first-order chi connectivity index (χ1) is 7.70. The summed E-state index contributed by atoms with van der Waals surface area (Å²) < 4.78 is 1.26. The summed E-state index contributed by atoms with van der Waals surface area (Å²) in [5, 5.41) is 3.44. The first-order valence-electron chi connectivity index (χ1n) is 5.90. The van der Waals surface area contributed by atoms with Gasteiger partial charge in [0.1, 0.15) is 0 Å². The molecule has 1 saturated heterocycles. The molecule has 1 aliphatic rings. The van der Waals surface area contributed by atoms with Gasteiger partial charge in [-0.1, -0.05) is 6.92 Å². The normalized spacial score (nSPS) is 20.9. The zero-order valence-corrected chi connectivity index (χ0v) is 12.3. The molecule has 2 nitrogen and oxygen atoms in total. The van der Waals surface area contributed by atoms with Crippen LogP contribution in [0.5, 0.6) is 0 Å². The Morgan fingerprint density at radius 2 is 2.44 bits per heavy atom. The van der Waals surface area contributed by atoms with Gasteiger partial charge >= 0.3 is 0 Å². The van der Waals surface area contributed by atoms with Crippen molar-refractivity contribution in [2.75, 3.05) is 19.6 Å². The predicted octanol–water partition coefficient (Wildman–Crippen LogP) is 3.00.